The Balaban J connectivity index is 1.53. The first kappa shape index (κ1) is 17.0. The lowest BCUT2D eigenvalue weighted by Gasteiger charge is -2.38. The van der Waals surface area contributed by atoms with E-state index in [0.717, 1.165) is 44.5 Å². The fraction of sp³-hybridized carbons (Fsp3) is 0.0769. The van der Waals surface area contributed by atoms with Crippen molar-refractivity contribution in [3.05, 3.63) is 108 Å². The van der Waals surface area contributed by atoms with Crippen LogP contribution in [0.3, 0.4) is 0 Å². The van der Waals surface area contributed by atoms with Gasteiger partial charge in [-0.05, 0) is 80.9 Å². The SMILES string of the molecule is O=C1C(=O)C2c3ccc(-c4ccncc4)cc3C1c1ccc(-c3ccncc3)cc12. The smallest absolute Gasteiger partial charge is 0.211 e. The number of nitrogens with zero attached hydrogens (tertiary/aromatic N) is 2. The molecule has 3 aliphatic carbocycles. The Morgan fingerprint density at radius 2 is 0.867 bits per heavy atom. The van der Waals surface area contributed by atoms with Gasteiger partial charge in [0, 0.05) is 24.8 Å². The van der Waals surface area contributed by atoms with Gasteiger partial charge in [0.1, 0.15) is 0 Å². The van der Waals surface area contributed by atoms with E-state index in [0.29, 0.717) is 0 Å². The fourth-order valence-electron chi connectivity index (χ4n) is 4.81. The number of benzene rings is 2. The van der Waals surface area contributed by atoms with Crippen molar-refractivity contribution < 1.29 is 9.59 Å². The monoisotopic (exact) mass is 388 g/mol. The van der Waals surface area contributed by atoms with Crippen molar-refractivity contribution in [1.82, 2.24) is 9.97 Å². The standard InChI is InChI=1S/C26H16N2O2/c29-25-23-19-3-1-17(15-5-9-27-10-6-15)13-21(19)24(26(25)30)20-4-2-18(14-22(20)23)16-7-11-28-12-8-16/h1-14,23-24H. The number of Topliss-reactive ketones (excluding diaryl/α,β-unsaturated/α-hetero) is 2. The molecule has 0 radical (unpaired) electrons. The number of ketones is 2. The minimum absolute atomic E-state index is 0.302. The minimum Gasteiger partial charge on any atom is -0.290 e. The predicted molar refractivity (Wildman–Crippen MR) is 113 cm³/mol. The van der Waals surface area contributed by atoms with Gasteiger partial charge >= 0.3 is 0 Å². The van der Waals surface area contributed by atoms with E-state index in [9.17, 15) is 9.59 Å². The quantitative estimate of drug-likeness (QED) is 0.473. The van der Waals surface area contributed by atoms with Gasteiger partial charge in [-0.3, -0.25) is 19.6 Å². The Morgan fingerprint density at radius 3 is 1.27 bits per heavy atom. The number of hydrogen-bond acceptors (Lipinski definition) is 4. The van der Waals surface area contributed by atoms with E-state index in [1.54, 1.807) is 24.8 Å². The topological polar surface area (TPSA) is 59.9 Å². The van der Waals surface area contributed by atoms with Crippen molar-refractivity contribution in [3.63, 3.8) is 0 Å². The molecule has 2 atom stereocenters. The Labute approximate surface area is 173 Å². The maximum absolute atomic E-state index is 12.9. The van der Waals surface area contributed by atoms with Crippen LogP contribution in [-0.2, 0) is 9.59 Å². The summed E-state index contributed by atoms with van der Waals surface area (Å²) in [5.41, 5.74) is 7.93. The molecule has 2 unspecified atom stereocenters. The van der Waals surface area contributed by atoms with Crippen LogP contribution in [0, 0.1) is 0 Å². The third-order valence-electron chi connectivity index (χ3n) is 6.21. The third kappa shape index (κ3) is 2.34. The molecule has 30 heavy (non-hydrogen) atoms. The molecule has 7 rings (SSSR count). The van der Waals surface area contributed by atoms with Crippen LogP contribution < -0.4 is 0 Å². The van der Waals surface area contributed by atoms with Gasteiger partial charge in [0.2, 0.25) is 11.6 Å². The first-order valence-corrected chi connectivity index (χ1v) is 9.89. The average molecular weight is 388 g/mol. The minimum atomic E-state index is -0.527. The van der Waals surface area contributed by atoms with E-state index < -0.39 is 11.8 Å². The van der Waals surface area contributed by atoms with Crippen molar-refractivity contribution in [2.75, 3.05) is 0 Å². The maximum Gasteiger partial charge on any atom is 0.211 e. The van der Waals surface area contributed by atoms with E-state index in [1.165, 1.54) is 0 Å². The molecule has 0 fully saturated rings. The lowest BCUT2D eigenvalue weighted by atomic mass is 9.62. The summed E-state index contributed by atoms with van der Waals surface area (Å²) in [5.74, 6) is -1.66. The van der Waals surface area contributed by atoms with Gasteiger partial charge < -0.3 is 0 Å². The number of carbonyl (C=O) groups is 2. The molecule has 4 nitrogen and oxygen atoms in total. The van der Waals surface area contributed by atoms with Crippen LogP contribution >= 0.6 is 0 Å². The van der Waals surface area contributed by atoms with Gasteiger partial charge in [-0.1, -0.05) is 24.3 Å². The Bertz CT molecular complexity index is 1230. The second-order valence-corrected chi connectivity index (χ2v) is 7.75. The highest BCUT2D eigenvalue weighted by Gasteiger charge is 2.48. The summed E-state index contributed by atoms with van der Waals surface area (Å²) in [6, 6.07) is 20.0. The van der Waals surface area contributed by atoms with Crippen molar-refractivity contribution >= 4 is 11.6 Å². The Morgan fingerprint density at radius 1 is 0.467 bits per heavy atom. The summed E-state index contributed by atoms with van der Waals surface area (Å²) in [7, 11) is 0. The molecule has 0 spiro atoms. The molecule has 4 heteroatoms. The molecular formula is C26H16N2O2. The van der Waals surface area contributed by atoms with Gasteiger partial charge in [-0.15, -0.1) is 0 Å². The van der Waals surface area contributed by atoms with Crippen LogP contribution in [0.1, 0.15) is 34.1 Å². The first-order valence-electron chi connectivity index (χ1n) is 9.89. The van der Waals surface area contributed by atoms with Gasteiger partial charge in [0.25, 0.3) is 0 Å². The van der Waals surface area contributed by atoms with Crippen molar-refractivity contribution in [1.29, 1.82) is 0 Å². The molecule has 0 saturated carbocycles. The van der Waals surface area contributed by atoms with E-state index >= 15 is 0 Å². The molecule has 0 amide bonds. The molecule has 2 aromatic carbocycles. The van der Waals surface area contributed by atoms with Gasteiger partial charge in [0.15, 0.2) is 0 Å². The highest BCUT2D eigenvalue weighted by Crippen LogP contribution is 2.51. The number of aromatic nitrogens is 2. The summed E-state index contributed by atoms with van der Waals surface area (Å²) >= 11 is 0. The Kier molecular flexibility index (Phi) is 3.56. The van der Waals surface area contributed by atoms with E-state index in [4.69, 9.17) is 0 Å². The number of fused-ring (bicyclic) bond motifs is 1. The Hall–Kier alpha value is -3.92. The zero-order chi connectivity index (χ0) is 20.2. The summed E-state index contributed by atoms with van der Waals surface area (Å²) < 4.78 is 0. The molecular weight excluding hydrogens is 372 g/mol. The lowest BCUT2D eigenvalue weighted by molar-refractivity contribution is -0.138. The molecule has 2 aromatic heterocycles. The number of rotatable bonds is 2. The van der Waals surface area contributed by atoms with Gasteiger partial charge in [-0.25, -0.2) is 0 Å². The molecule has 4 aromatic rings. The molecule has 2 bridgehead atoms. The molecule has 0 saturated heterocycles. The van der Waals surface area contributed by atoms with Crippen molar-refractivity contribution in [2.24, 2.45) is 0 Å². The predicted octanol–water partition coefficient (Wildman–Crippen LogP) is 4.54. The van der Waals surface area contributed by atoms with Crippen LogP contribution in [0.5, 0.6) is 0 Å². The largest absolute Gasteiger partial charge is 0.290 e. The summed E-state index contributed by atoms with van der Waals surface area (Å²) in [4.78, 5) is 34.1. The van der Waals surface area contributed by atoms with Crippen LogP contribution in [0.15, 0.2) is 85.5 Å². The molecule has 3 aliphatic rings. The normalized spacial score (nSPS) is 18.8. The van der Waals surface area contributed by atoms with Crippen molar-refractivity contribution in [3.8, 4) is 22.3 Å². The number of pyridine rings is 2. The number of hydrogen-bond donors (Lipinski definition) is 0. The van der Waals surface area contributed by atoms with Crippen LogP contribution in [-0.4, -0.2) is 21.5 Å². The average Bonchev–Trinajstić information content (AvgIpc) is 2.81. The highest BCUT2D eigenvalue weighted by atomic mass is 16.2. The van der Waals surface area contributed by atoms with Crippen LogP contribution in [0.4, 0.5) is 0 Å². The zero-order valence-electron chi connectivity index (χ0n) is 15.9. The molecule has 0 aliphatic heterocycles. The van der Waals surface area contributed by atoms with Gasteiger partial charge in [0.05, 0.1) is 11.8 Å². The zero-order valence-corrected chi connectivity index (χ0v) is 15.9. The number of carbonyl (C=O) groups excluding carboxylic acids is 2. The van der Waals surface area contributed by atoms with Gasteiger partial charge in [-0.2, -0.15) is 0 Å². The molecule has 0 N–H and O–H groups in total. The van der Waals surface area contributed by atoms with E-state index in [2.05, 4.69) is 22.1 Å². The maximum atomic E-state index is 12.9. The van der Waals surface area contributed by atoms with Crippen LogP contribution in [0.25, 0.3) is 22.3 Å². The summed E-state index contributed by atoms with van der Waals surface area (Å²) in [5, 5.41) is 0. The second kappa shape index (κ2) is 6.29. The first-order chi connectivity index (χ1) is 14.7. The second-order valence-electron chi connectivity index (χ2n) is 7.75. The summed E-state index contributed by atoms with van der Waals surface area (Å²) in [6.45, 7) is 0. The van der Waals surface area contributed by atoms with E-state index in [1.807, 2.05) is 48.5 Å². The van der Waals surface area contributed by atoms with Crippen molar-refractivity contribution in [2.45, 2.75) is 11.8 Å². The molecule has 2 heterocycles. The summed E-state index contributed by atoms with van der Waals surface area (Å²) in [6.07, 6.45) is 7.02. The van der Waals surface area contributed by atoms with E-state index in [-0.39, 0.29) is 11.6 Å². The lowest BCUT2D eigenvalue weighted by Crippen LogP contribution is -2.40. The molecule has 142 valence electrons. The third-order valence-corrected chi connectivity index (χ3v) is 6.21. The van der Waals surface area contributed by atoms with Crippen LogP contribution in [0.2, 0.25) is 0 Å². The fourth-order valence-corrected chi connectivity index (χ4v) is 4.81. The highest BCUT2D eigenvalue weighted by molar-refractivity contribution is 6.45.